The largest absolute Gasteiger partial charge is 0.417 e. The van der Waals surface area contributed by atoms with Crippen LogP contribution in [0.5, 0.6) is 0 Å². The van der Waals surface area contributed by atoms with Gasteiger partial charge in [-0.1, -0.05) is 61.7 Å². The van der Waals surface area contributed by atoms with Crippen molar-refractivity contribution in [2.45, 2.75) is 19.1 Å². The van der Waals surface area contributed by atoms with E-state index in [1.165, 1.54) is 16.2 Å². The van der Waals surface area contributed by atoms with Crippen LogP contribution in [0.2, 0.25) is 0 Å². The van der Waals surface area contributed by atoms with E-state index in [0.29, 0.717) is 30.9 Å². The first-order chi connectivity index (χ1) is 18.3. The maximum atomic E-state index is 14.4. The molecular weight excluding hydrogens is 489 g/mol. The minimum Gasteiger partial charge on any atom is -0.352 e. The summed E-state index contributed by atoms with van der Waals surface area (Å²) in [6.07, 6.45) is 0.637. The third-order valence-electron chi connectivity index (χ3n) is 6.52. The Labute approximate surface area is 217 Å². The molecule has 5 rings (SSSR count). The zero-order valence-corrected chi connectivity index (χ0v) is 20.5. The summed E-state index contributed by atoms with van der Waals surface area (Å²) in [6, 6.07) is 18.9. The topological polar surface area (TPSA) is 50.2 Å². The SMILES string of the molecule is C=C/C=C(\C=C)Nc1cc(=O)c2c(C(F)(F)F)cc(N3CCc4ccccc4C3)nc2n1-c1ccccc1. The number of rotatable bonds is 6. The number of hydrogen-bond acceptors (Lipinski definition) is 4. The molecule has 192 valence electrons. The third kappa shape index (κ3) is 4.72. The Morgan fingerprint density at radius 1 is 1.00 bits per heavy atom. The Morgan fingerprint density at radius 3 is 2.39 bits per heavy atom. The summed E-state index contributed by atoms with van der Waals surface area (Å²) in [5.41, 5.74) is 1.38. The van der Waals surface area contributed by atoms with Crippen molar-refractivity contribution in [3.63, 3.8) is 0 Å². The molecule has 8 heteroatoms. The van der Waals surface area contributed by atoms with Crippen LogP contribution in [-0.2, 0) is 19.1 Å². The number of alkyl halides is 3. The van der Waals surface area contributed by atoms with Crippen LogP contribution in [0.25, 0.3) is 16.7 Å². The first kappa shape index (κ1) is 25.1. The summed E-state index contributed by atoms with van der Waals surface area (Å²) in [4.78, 5) is 19.8. The van der Waals surface area contributed by atoms with Crippen molar-refractivity contribution in [1.29, 1.82) is 0 Å². The molecule has 0 saturated heterocycles. The van der Waals surface area contributed by atoms with Crippen molar-refractivity contribution in [3.05, 3.63) is 131 Å². The number of fused-ring (bicyclic) bond motifs is 2. The molecule has 0 aliphatic carbocycles. The lowest BCUT2D eigenvalue weighted by molar-refractivity contribution is -0.136. The lowest BCUT2D eigenvalue weighted by Crippen LogP contribution is -2.32. The maximum absolute atomic E-state index is 14.4. The highest BCUT2D eigenvalue weighted by Gasteiger charge is 2.36. The van der Waals surface area contributed by atoms with Gasteiger partial charge in [-0.15, -0.1) is 0 Å². The number of pyridine rings is 2. The molecule has 5 nitrogen and oxygen atoms in total. The molecule has 2 aromatic heterocycles. The number of allylic oxidation sites excluding steroid dienone is 3. The molecular formula is C30H25F3N4O. The van der Waals surface area contributed by atoms with E-state index in [4.69, 9.17) is 4.98 Å². The Hall–Kier alpha value is -4.59. The predicted molar refractivity (Wildman–Crippen MR) is 146 cm³/mol. The minimum absolute atomic E-state index is 0.0862. The maximum Gasteiger partial charge on any atom is 0.417 e. The Kier molecular flexibility index (Phi) is 6.63. The van der Waals surface area contributed by atoms with Gasteiger partial charge in [0.25, 0.3) is 0 Å². The molecule has 0 radical (unpaired) electrons. The second-order valence-electron chi connectivity index (χ2n) is 8.92. The summed E-state index contributed by atoms with van der Waals surface area (Å²) in [6.45, 7) is 8.37. The second kappa shape index (κ2) is 10.0. The average Bonchev–Trinajstić information content (AvgIpc) is 2.92. The van der Waals surface area contributed by atoms with Crippen molar-refractivity contribution in [3.8, 4) is 5.69 Å². The van der Waals surface area contributed by atoms with Crippen LogP contribution in [-0.4, -0.2) is 16.1 Å². The molecule has 0 bridgehead atoms. The zero-order chi connectivity index (χ0) is 26.9. The highest BCUT2D eigenvalue weighted by atomic mass is 19.4. The first-order valence-corrected chi connectivity index (χ1v) is 12.1. The number of benzene rings is 2. The average molecular weight is 515 g/mol. The van der Waals surface area contributed by atoms with E-state index in [1.807, 2.05) is 29.2 Å². The number of halogens is 3. The molecule has 0 spiro atoms. The van der Waals surface area contributed by atoms with Gasteiger partial charge in [-0.3, -0.25) is 9.36 Å². The van der Waals surface area contributed by atoms with Gasteiger partial charge >= 0.3 is 6.18 Å². The van der Waals surface area contributed by atoms with Gasteiger partial charge in [-0.2, -0.15) is 13.2 Å². The Bertz CT molecular complexity index is 1620. The lowest BCUT2D eigenvalue weighted by atomic mass is 9.99. The third-order valence-corrected chi connectivity index (χ3v) is 6.52. The van der Waals surface area contributed by atoms with Gasteiger partial charge in [-0.25, -0.2) is 4.98 Å². The van der Waals surface area contributed by atoms with Crippen LogP contribution in [0.4, 0.5) is 24.8 Å². The summed E-state index contributed by atoms with van der Waals surface area (Å²) in [5.74, 6) is 0.412. The molecule has 0 atom stereocenters. The quantitative estimate of drug-likeness (QED) is 0.293. The predicted octanol–water partition coefficient (Wildman–Crippen LogP) is 6.64. The van der Waals surface area contributed by atoms with E-state index < -0.39 is 22.6 Å². The number of aromatic nitrogens is 2. The van der Waals surface area contributed by atoms with E-state index in [1.54, 1.807) is 42.5 Å². The molecule has 2 aromatic carbocycles. The highest BCUT2D eigenvalue weighted by molar-refractivity contribution is 5.86. The van der Waals surface area contributed by atoms with Crippen LogP contribution < -0.4 is 15.6 Å². The van der Waals surface area contributed by atoms with Gasteiger partial charge in [0, 0.05) is 30.5 Å². The summed E-state index contributed by atoms with van der Waals surface area (Å²) < 4.78 is 44.9. The van der Waals surface area contributed by atoms with E-state index in [9.17, 15) is 18.0 Å². The Balaban J connectivity index is 1.81. The van der Waals surface area contributed by atoms with Crippen molar-refractivity contribution < 1.29 is 13.2 Å². The molecule has 4 aromatic rings. The minimum atomic E-state index is -4.76. The molecule has 1 aliphatic rings. The Morgan fingerprint density at radius 2 is 1.71 bits per heavy atom. The molecule has 1 aliphatic heterocycles. The van der Waals surface area contributed by atoms with E-state index in [-0.39, 0.29) is 17.3 Å². The van der Waals surface area contributed by atoms with Gasteiger partial charge < -0.3 is 10.2 Å². The summed E-state index contributed by atoms with van der Waals surface area (Å²) in [5, 5.41) is 2.61. The van der Waals surface area contributed by atoms with Gasteiger partial charge in [-0.05, 0) is 47.9 Å². The molecule has 3 heterocycles. The lowest BCUT2D eigenvalue weighted by Gasteiger charge is -2.31. The fourth-order valence-corrected chi connectivity index (χ4v) is 4.74. The van der Waals surface area contributed by atoms with E-state index in [2.05, 4.69) is 18.5 Å². The standard InChI is InChI=1S/C30H25F3N4O/c1-3-10-22(4-2)34-27-18-25(38)28-24(30(31,32)33)17-26(35-29(28)37(27)23-13-6-5-7-14-23)36-16-15-20-11-8-9-12-21(20)19-36/h3-14,17-18,34H,1-2,15-16,19H2/b22-10+. The number of anilines is 2. The van der Waals surface area contributed by atoms with E-state index in [0.717, 1.165) is 17.7 Å². The van der Waals surface area contributed by atoms with E-state index >= 15 is 0 Å². The summed E-state index contributed by atoms with van der Waals surface area (Å²) in [7, 11) is 0. The molecule has 0 saturated carbocycles. The number of hydrogen-bond donors (Lipinski definition) is 1. The molecule has 0 amide bonds. The first-order valence-electron chi connectivity index (χ1n) is 12.1. The van der Waals surface area contributed by atoms with Crippen molar-refractivity contribution in [2.24, 2.45) is 0 Å². The monoisotopic (exact) mass is 514 g/mol. The summed E-state index contributed by atoms with van der Waals surface area (Å²) >= 11 is 0. The smallest absolute Gasteiger partial charge is 0.352 e. The zero-order valence-electron chi connectivity index (χ0n) is 20.5. The van der Waals surface area contributed by atoms with Gasteiger partial charge in [0.15, 0.2) is 11.1 Å². The van der Waals surface area contributed by atoms with Crippen LogP contribution in [0.1, 0.15) is 16.7 Å². The molecule has 0 unspecified atom stereocenters. The fraction of sp³-hybridized carbons (Fsp3) is 0.133. The van der Waals surface area contributed by atoms with Crippen molar-refractivity contribution in [1.82, 2.24) is 9.55 Å². The number of nitrogens with one attached hydrogen (secondary N) is 1. The molecule has 1 N–H and O–H groups in total. The van der Waals surface area contributed by atoms with Crippen LogP contribution in [0.3, 0.4) is 0 Å². The van der Waals surface area contributed by atoms with Crippen LogP contribution in [0, 0.1) is 0 Å². The van der Waals surface area contributed by atoms with Gasteiger partial charge in [0.1, 0.15) is 11.6 Å². The van der Waals surface area contributed by atoms with Crippen molar-refractivity contribution in [2.75, 3.05) is 16.8 Å². The normalized spacial score (nSPS) is 13.8. The molecule has 0 fully saturated rings. The van der Waals surface area contributed by atoms with Crippen LogP contribution >= 0.6 is 0 Å². The number of nitrogens with zero attached hydrogens (tertiary/aromatic N) is 3. The van der Waals surface area contributed by atoms with Gasteiger partial charge in [0.2, 0.25) is 0 Å². The second-order valence-corrected chi connectivity index (χ2v) is 8.92. The highest BCUT2D eigenvalue weighted by Crippen LogP contribution is 2.37. The van der Waals surface area contributed by atoms with Crippen LogP contribution in [0.15, 0.2) is 109 Å². The van der Waals surface area contributed by atoms with Gasteiger partial charge in [0.05, 0.1) is 10.9 Å². The molecule has 38 heavy (non-hydrogen) atoms. The fourth-order valence-electron chi connectivity index (χ4n) is 4.74. The number of para-hydroxylation sites is 1. The van der Waals surface area contributed by atoms with Crippen molar-refractivity contribution >= 4 is 22.7 Å².